The summed E-state index contributed by atoms with van der Waals surface area (Å²) in [6, 6.07) is 0. The third kappa shape index (κ3) is 5.48. The fourth-order valence-corrected chi connectivity index (χ4v) is 4.90. The largest absolute Gasteiger partial charge is 0.462 e. The van der Waals surface area contributed by atoms with Gasteiger partial charge in [0.05, 0.1) is 0 Å². The van der Waals surface area contributed by atoms with Crippen LogP contribution in [-0.4, -0.2) is 24.1 Å². The maximum atomic E-state index is 13.1. The van der Waals surface area contributed by atoms with E-state index in [1.54, 1.807) is 0 Å². The zero-order valence-electron chi connectivity index (χ0n) is 18.4. The number of hydrogen-bond acceptors (Lipinski definition) is 4. The summed E-state index contributed by atoms with van der Waals surface area (Å²) < 4.78 is 11.8. The molecule has 0 aromatic heterocycles. The zero-order valence-corrected chi connectivity index (χ0v) is 18.4. The van der Waals surface area contributed by atoms with Crippen molar-refractivity contribution in [3.8, 4) is 0 Å². The van der Waals surface area contributed by atoms with Crippen molar-refractivity contribution in [2.45, 2.75) is 118 Å². The Morgan fingerprint density at radius 3 is 1.48 bits per heavy atom. The molecule has 2 aliphatic carbocycles. The average molecular weight is 381 g/mol. The molecule has 0 N–H and O–H groups in total. The summed E-state index contributed by atoms with van der Waals surface area (Å²) >= 11 is 0. The van der Waals surface area contributed by atoms with E-state index in [9.17, 15) is 9.59 Å². The van der Waals surface area contributed by atoms with Gasteiger partial charge in [-0.3, -0.25) is 9.59 Å². The minimum atomic E-state index is -1.16. The van der Waals surface area contributed by atoms with Crippen LogP contribution in [0.15, 0.2) is 0 Å². The van der Waals surface area contributed by atoms with Crippen LogP contribution in [0.5, 0.6) is 0 Å². The summed E-state index contributed by atoms with van der Waals surface area (Å²) in [4.78, 5) is 26.2. The highest BCUT2D eigenvalue weighted by molar-refractivity contribution is 6.00. The van der Waals surface area contributed by atoms with Gasteiger partial charge in [-0.2, -0.15) is 0 Å². The molecule has 2 saturated carbocycles. The highest BCUT2D eigenvalue weighted by Gasteiger charge is 2.48. The van der Waals surface area contributed by atoms with E-state index >= 15 is 0 Å². The van der Waals surface area contributed by atoms with Gasteiger partial charge in [0.25, 0.3) is 0 Å². The van der Waals surface area contributed by atoms with Crippen molar-refractivity contribution >= 4 is 11.9 Å². The molecular weight excluding hydrogens is 340 g/mol. The zero-order chi connectivity index (χ0) is 20.3. The molecule has 156 valence electrons. The lowest BCUT2D eigenvalue weighted by Gasteiger charge is -2.38. The summed E-state index contributed by atoms with van der Waals surface area (Å²) in [5, 5.41) is 0. The first-order valence-electron chi connectivity index (χ1n) is 11.0. The second-order valence-electron chi connectivity index (χ2n) is 10.4. The molecule has 4 nitrogen and oxygen atoms in total. The molecule has 2 rings (SSSR count). The minimum absolute atomic E-state index is 0.0832. The van der Waals surface area contributed by atoms with Gasteiger partial charge in [0.2, 0.25) is 0 Å². The SMILES string of the molecule is CCC(CC)(C(=O)OC1CCCC(C)(C)C1)C(=O)OC1CCCC(C)(C)C1. The summed E-state index contributed by atoms with van der Waals surface area (Å²) in [7, 11) is 0. The topological polar surface area (TPSA) is 52.6 Å². The van der Waals surface area contributed by atoms with Gasteiger partial charge in [0, 0.05) is 0 Å². The van der Waals surface area contributed by atoms with Crippen molar-refractivity contribution in [1.82, 2.24) is 0 Å². The Kier molecular flexibility index (Phi) is 7.02. The molecule has 0 aromatic rings. The fourth-order valence-electron chi connectivity index (χ4n) is 4.90. The van der Waals surface area contributed by atoms with Gasteiger partial charge >= 0.3 is 11.9 Å². The smallest absolute Gasteiger partial charge is 0.323 e. The Hall–Kier alpha value is -1.06. The van der Waals surface area contributed by atoms with E-state index < -0.39 is 5.41 Å². The van der Waals surface area contributed by atoms with Crippen LogP contribution in [0.1, 0.15) is 106 Å². The van der Waals surface area contributed by atoms with E-state index in [0.717, 1.165) is 51.4 Å². The fraction of sp³-hybridized carbons (Fsp3) is 0.913. The molecule has 0 amide bonds. The second-order valence-corrected chi connectivity index (χ2v) is 10.4. The summed E-state index contributed by atoms with van der Waals surface area (Å²) in [5.74, 6) is -0.759. The maximum Gasteiger partial charge on any atom is 0.323 e. The first-order valence-corrected chi connectivity index (χ1v) is 11.0. The van der Waals surface area contributed by atoms with Crippen molar-refractivity contribution in [2.75, 3.05) is 0 Å². The van der Waals surface area contributed by atoms with Gasteiger partial charge in [-0.15, -0.1) is 0 Å². The van der Waals surface area contributed by atoms with E-state index in [0.29, 0.717) is 12.8 Å². The van der Waals surface area contributed by atoms with Gasteiger partial charge in [0.15, 0.2) is 5.41 Å². The van der Waals surface area contributed by atoms with Gasteiger partial charge in [-0.1, -0.05) is 41.5 Å². The van der Waals surface area contributed by atoms with Crippen LogP contribution in [0.3, 0.4) is 0 Å². The predicted molar refractivity (Wildman–Crippen MR) is 107 cm³/mol. The van der Waals surface area contributed by atoms with Crippen LogP contribution in [0.4, 0.5) is 0 Å². The Bertz CT molecular complexity index is 486. The number of hydrogen-bond donors (Lipinski definition) is 0. The van der Waals surface area contributed by atoms with Gasteiger partial charge in [-0.05, 0) is 75.0 Å². The second kappa shape index (κ2) is 8.53. The van der Waals surface area contributed by atoms with Crippen LogP contribution < -0.4 is 0 Å². The highest BCUT2D eigenvalue weighted by atomic mass is 16.6. The van der Waals surface area contributed by atoms with Crippen molar-refractivity contribution in [3.05, 3.63) is 0 Å². The number of rotatable bonds is 6. The molecule has 0 bridgehead atoms. The van der Waals surface area contributed by atoms with Crippen molar-refractivity contribution in [3.63, 3.8) is 0 Å². The third-order valence-corrected chi connectivity index (χ3v) is 6.86. The number of esters is 2. The van der Waals surface area contributed by atoms with Crippen LogP contribution in [-0.2, 0) is 19.1 Å². The molecule has 2 fully saturated rings. The Morgan fingerprint density at radius 2 is 1.19 bits per heavy atom. The van der Waals surface area contributed by atoms with Gasteiger partial charge in [0.1, 0.15) is 12.2 Å². The lowest BCUT2D eigenvalue weighted by molar-refractivity contribution is -0.183. The summed E-state index contributed by atoms with van der Waals surface area (Å²) in [5.41, 5.74) is -0.778. The maximum absolute atomic E-state index is 13.1. The monoisotopic (exact) mass is 380 g/mol. The molecule has 0 spiro atoms. The molecule has 0 aromatic carbocycles. The molecule has 27 heavy (non-hydrogen) atoms. The molecule has 2 unspecified atom stereocenters. The predicted octanol–water partition coefficient (Wildman–Crippen LogP) is 5.82. The van der Waals surface area contributed by atoms with Crippen molar-refractivity contribution in [2.24, 2.45) is 16.2 Å². The number of carbonyl (C=O) groups is 2. The molecule has 0 heterocycles. The van der Waals surface area contributed by atoms with E-state index in [1.165, 1.54) is 0 Å². The van der Waals surface area contributed by atoms with Gasteiger partial charge in [-0.25, -0.2) is 0 Å². The standard InChI is InChI=1S/C23H40O4/c1-7-23(8-2,19(24)26-17-11-9-13-21(3,4)15-17)20(25)27-18-12-10-14-22(5,6)16-18/h17-18H,7-16H2,1-6H3. The van der Waals surface area contributed by atoms with Crippen LogP contribution in [0, 0.1) is 16.2 Å². The Morgan fingerprint density at radius 1 is 0.815 bits per heavy atom. The van der Waals surface area contributed by atoms with Crippen LogP contribution in [0.2, 0.25) is 0 Å². The van der Waals surface area contributed by atoms with Crippen LogP contribution >= 0.6 is 0 Å². The molecule has 0 aliphatic heterocycles. The first-order chi connectivity index (χ1) is 12.5. The molecule has 2 aliphatic rings. The molecule has 0 saturated heterocycles. The third-order valence-electron chi connectivity index (χ3n) is 6.86. The molecule has 0 radical (unpaired) electrons. The number of carbonyl (C=O) groups excluding carboxylic acids is 2. The minimum Gasteiger partial charge on any atom is -0.462 e. The summed E-state index contributed by atoms with van der Waals surface area (Å²) in [6.45, 7) is 12.7. The molecule has 2 atom stereocenters. The van der Waals surface area contributed by atoms with E-state index in [4.69, 9.17) is 9.47 Å². The average Bonchev–Trinajstić information content (AvgIpc) is 2.54. The lowest BCUT2D eigenvalue weighted by Crippen LogP contribution is -2.45. The number of ether oxygens (including phenoxy) is 2. The van der Waals surface area contributed by atoms with E-state index in [-0.39, 0.29) is 35.0 Å². The Labute approximate surface area is 165 Å². The molecule has 4 heteroatoms. The van der Waals surface area contributed by atoms with E-state index in [2.05, 4.69) is 27.7 Å². The van der Waals surface area contributed by atoms with E-state index in [1.807, 2.05) is 13.8 Å². The van der Waals surface area contributed by atoms with Crippen molar-refractivity contribution in [1.29, 1.82) is 0 Å². The summed E-state index contributed by atoms with van der Waals surface area (Å²) in [6.07, 6.45) is 8.66. The highest BCUT2D eigenvalue weighted by Crippen LogP contribution is 2.40. The van der Waals surface area contributed by atoms with Crippen LogP contribution in [0.25, 0.3) is 0 Å². The Balaban J connectivity index is 2.06. The first kappa shape index (κ1) is 22.2. The molecular formula is C23H40O4. The lowest BCUT2D eigenvalue weighted by atomic mass is 9.75. The quantitative estimate of drug-likeness (QED) is 0.430. The van der Waals surface area contributed by atoms with Gasteiger partial charge < -0.3 is 9.47 Å². The normalized spacial score (nSPS) is 27.6. The van der Waals surface area contributed by atoms with Crippen molar-refractivity contribution < 1.29 is 19.1 Å².